The van der Waals surface area contributed by atoms with Crippen LogP contribution in [0.1, 0.15) is 18.9 Å². The molecule has 0 N–H and O–H groups in total. The summed E-state index contributed by atoms with van der Waals surface area (Å²) in [5, 5.41) is 0. The molecule has 16 heavy (non-hydrogen) atoms. The van der Waals surface area contributed by atoms with E-state index in [9.17, 15) is 0 Å². The summed E-state index contributed by atoms with van der Waals surface area (Å²) in [4.78, 5) is 0. The molecule has 1 rings (SSSR count). The molecule has 0 unspecified atom stereocenters. The number of hydrogen-bond acceptors (Lipinski definition) is 3. The Balaban J connectivity index is 3.31. The fraction of sp³-hybridized carbons (Fsp3) is 0.385. The molecule has 0 aliphatic carbocycles. The first kappa shape index (κ1) is 12.4. The van der Waals surface area contributed by atoms with Crippen molar-refractivity contribution in [2.75, 3.05) is 21.3 Å². The van der Waals surface area contributed by atoms with Crippen molar-refractivity contribution >= 4 is 5.57 Å². The molecule has 3 heteroatoms. The van der Waals surface area contributed by atoms with Crippen LogP contribution < -0.4 is 14.2 Å². The van der Waals surface area contributed by atoms with Gasteiger partial charge in [-0.3, -0.25) is 0 Å². The van der Waals surface area contributed by atoms with Crippen LogP contribution >= 0.6 is 0 Å². The second-order valence-corrected chi connectivity index (χ2v) is 3.37. The summed E-state index contributed by atoms with van der Waals surface area (Å²) in [6.45, 7) is 6.06. The lowest BCUT2D eigenvalue weighted by molar-refractivity contribution is 0.324. The number of rotatable bonds is 5. The summed E-state index contributed by atoms with van der Waals surface area (Å²) < 4.78 is 15.8. The maximum atomic E-state index is 5.27. The van der Waals surface area contributed by atoms with Gasteiger partial charge in [0.1, 0.15) is 0 Å². The lowest BCUT2D eigenvalue weighted by atomic mass is 10.0. The van der Waals surface area contributed by atoms with Crippen LogP contribution in [0.25, 0.3) is 5.57 Å². The van der Waals surface area contributed by atoms with Gasteiger partial charge in [0.2, 0.25) is 5.75 Å². The maximum Gasteiger partial charge on any atom is 0.203 e. The predicted molar refractivity (Wildman–Crippen MR) is 65.4 cm³/mol. The second kappa shape index (κ2) is 5.45. The topological polar surface area (TPSA) is 27.7 Å². The van der Waals surface area contributed by atoms with Crippen molar-refractivity contribution in [1.29, 1.82) is 0 Å². The lowest BCUT2D eigenvalue weighted by Gasteiger charge is -2.14. The Morgan fingerprint density at radius 2 is 1.56 bits per heavy atom. The Labute approximate surface area is 96.6 Å². The Morgan fingerprint density at radius 1 is 1.06 bits per heavy atom. The molecule has 0 saturated heterocycles. The molecule has 0 saturated carbocycles. The van der Waals surface area contributed by atoms with Gasteiger partial charge >= 0.3 is 0 Å². The molecule has 0 heterocycles. The van der Waals surface area contributed by atoms with Crippen molar-refractivity contribution in [2.24, 2.45) is 0 Å². The van der Waals surface area contributed by atoms with E-state index < -0.39 is 0 Å². The lowest BCUT2D eigenvalue weighted by Crippen LogP contribution is -1.96. The molecule has 0 atom stereocenters. The molecule has 3 nitrogen and oxygen atoms in total. The first-order valence-electron chi connectivity index (χ1n) is 5.16. The van der Waals surface area contributed by atoms with Gasteiger partial charge in [0, 0.05) is 0 Å². The SMILES string of the molecule is C=C(CC)c1cc(OC)c(OC)c(OC)c1. The molecule has 0 spiro atoms. The highest BCUT2D eigenvalue weighted by molar-refractivity contribution is 5.69. The van der Waals surface area contributed by atoms with Gasteiger partial charge in [-0.15, -0.1) is 0 Å². The number of hydrogen-bond donors (Lipinski definition) is 0. The molecular weight excluding hydrogens is 204 g/mol. The zero-order chi connectivity index (χ0) is 12.1. The van der Waals surface area contributed by atoms with Crippen LogP contribution in [-0.2, 0) is 0 Å². The van der Waals surface area contributed by atoms with Crippen LogP contribution in [0.4, 0.5) is 0 Å². The van der Waals surface area contributed by atoms with Gasteiger partial charge in [0.25, 0.3) is 0 Å². The van der Waals surface area contributed by atoms with E-state index in [1.54, 1.807) is 21.3 Å². The molecule has 0 aromatic heterocycles. The zero-order valence-electron chi connectivity index (χ0n) is 10.3. The molecule has 0 amide bonds. The Bertz CT molecular complexity index is 358. The van der Waals surface area contributed by atoms with Crippen molar-refractivity contribution in [2.45, 2.75) is 13.3 Å². The fourth-order valence-electron chi connectivity index (χ4n) is 1.49. The molecule has 0 aliphatic heterocycles. The third-order valence-corrected chi connectivity index (χ3v) is 2.50. The standard InChI is InChI=1S/C13H18O3/c1-6-9(2)10-7-11(14-3)13(16-5)12(8-10)15-4/h7-8H,2,6H2,1,3-5H3. The van der Waals surface area contributed by atoms with E-state index in [1.807, 2.05) is 12.1 Å². The van der Waals surface area contributed by atoms with Crippen LogP contribution in [0.3, 0.4) is 0 Å². The molecular formula is C13H18O3. The molecule has 0 aliphatic rings. The normalized spacial score (nSPS) is 9.75. The highest BCUT2D eigenvalue weighted by atomic mass is 16.5. The van der Waals surface area contributed by atoms with Gasteiger partial charge in [-0.05, 0) is 29.7 Å². The van der Waals surface area contributed by atoms with Gasteiger partial charge in [-0.25, -0.2) is 0 Å². The monoisotopic (exact) mass is 222 g/mol. The van der Waals surface area contributed by atoms with Crippen molar-refractivity contribution in [3.8, 4) is 17.2 Å². The number of methoxy groups -OCH3 is 3. The Hall–Kier alpha value is -1.64. The van der Waals surface area contributed by atoms with E-state index in [1.165, 1.54) is 0 Å². The largest absolute Gasteiger partial charge is 0.493 e. The third-order valence-electron chi connectivity index (χ3n) is 2.50. The number of benzene rings is 1. The molecule has 0 radical (unpaired) electrons. The van der Waals surface area contributed by atoms with Gasteiger partial charge in [0.05, 0.1) is 21.3 Å². The Kier molecular flexibility index (Phi) is 4.23. The number of allylic oxidation sites excluding steroid dienone is 1. The predicted octanol–water partition coefficient (Wildman–Crippen LogP) is 3.14. The van der Waals surface area contributed by atoms with Crippen LogP contribution in [0.2, 0.25) is 0 Å². The van der Waals surface area contributed by atoms with E-state index in [2.05, 4.69) is 13.5 Å². The number of ether oxygens (including phenoxy) is 3. The van der Waals surface area contributed by atoms with Crippen LogP contribution in [-0.4, -0.2) is 21.3 Å². The van der Waals surface area contributed by atoms with Crippen LogP contribution in [0.15, 0.2) is 18.7 Å². The average molecular weight is 222 g/mol. The maximum absolute atomic E-state index is 5.27. The van der Waals surface area contributed by atoms with Gasteiger partial charge in [-0.1, -0.05) is 13.5 Å². The molecule has 1 aromatic rings. The molecule has 0 bridgehead atoms. The van der Waals surface area contributed by atoms with Crippen molar-refractivity contribution < 1.29 is 14.2 Å². The minimum atomic E-state index is 0.609. The quantitative estimate of drug-likeness (QED) is 0.766. The van der Waals surface area contributed by atoms with Gasteiger partial charge < -0.3 is 14.2 Å². The third kappa shape index (κ3) is 2.30. The van der Waals surface area contributed by atoms with Crippen molar-refractivity contribution in [1.82, 2.24) is 0 Å². The second-order valence-electron chi connectivity index (χ2n) is 3.37. The molecule has 88 valence electrons. The summed E-state index contributed by atoms with van der Waals surface area (Å²) in [5.41, 5.74) is 2.05. The van der Waals surface area contributed by atoms with Crippen molar-refractivity contribution in [3.05, 3.63) is 24.3 Å². The fourth-order valence-corrected chi connectivity index (χ4v) is 1.49. The summed E-state index contributed by atoms with van der Waals surface area (Å²) in [6, 6.07) is 3.82. The highest BCUT2D eigenvalue weighted by Gasteiger charge is 2.13. The van der Waals surface area contributed by atoms with E-state index in [4.69, 9.17) is 14.2 Å². The molecule has 0 fully saturated rings. The van der Waals surface area contributed by atoms with Crippen LogP contribution in [0, 0.1) is 0 Å². The summed E-state index contributed by atoms with van der Waals surface area (Å²) in [7, 11) is 4.81. The first-order chi connectivity index (χ1) is 7.67. The minimum Gasteiger partial charge on any atom is -0.493 e. The average Bonchev–Trinajstić information content (AvgIpc) is 2.35. The van der Waals surface area contributed by atoms with E-state index in [-0.39, 0.29) is 0 Å². The van der Waals surface area contributed by atoms with Gasteiger partial charge in [-0.2, -0.15) is 0 Å². The zero-order valence-corrected chi connectivity index (χ0v) is 10.3. The molecule has 1 aromatic carbocycles. The van der Waals surface area contributed by atoms with E-state index in [0.717, 1.165) is 17.6 Å². The first-order valence-corrected chi connectivity index (χ1v) is 5.16. The van der Waals surface area contributed by atoms with E-state index in [0.29, 0.717) is 17.2 Å². The minimum absolute atomic E-state index is 0.609. The van der Waals surface area contributed by atoms with Gasteiger partial charge in [0.15, 0.2) is 11.5 Å². The summed E-state index contributed by atoms with van der Waals surface area (Å²) in [6.07, 6.45) is 0.888. The smallest absolute Gasteiger partial charge is 0.203 e. The Morgan fingerprint density at radius 3 is 1.88 bits per heavy atom. The van der Waals surface area contributed by atoms with E-state index >= 15 is 0 Å². The summed E-state index contributed by atoms with van der Waals surface area (Å²) >= 11 is 0. The summed E-state index contributed by atoms with van der Waals surface area (Å²) in [5.74, 6) is 1.93. The van der Waals surface area contributed by atoms with Crippen LogP contribution in [0.5, 0.6) is 17.2 Å². The highest BCUT2D eigenvalue weighted by Crippen LogP contribution is 2.39. The van der Waals surface area contributed by atoms with Crippen molar-refractivity contribution in [3.63, 3.8) is 0 Å².